The first-order valence-corrected chi connectivity index (χ1v) is 12.6. The van der Waals surface area contributed by atoms with Crippen molar-refractivity contribution < 1.29 is 33.4 Å². The van der Waals surface area contributed by atoms with E-state index in [9.17, 15) is 18.8 Å². The molecule has 1 saturated carbocycles. The Balaban J connectivity index is 1.28. The van der Waals surface area contributed by atoms with Crippen LogP contribution in [0.3, 0.4) is 0 Å². The number of amides is 3. The van der Waals surface area contributed by atoms with Gasteiger partial charge in [0.15, 0.2) is 11.6 Å². The Kier molecular flexibility index (Phi) is 8.47. The van der Waals surface area contributed by atoms with Gasteiger partial charge in [-0.2, -0.15) is 0 Å². The van der Waals surface area contributed by atoms with Gasteiger partial charge in [-0.15, -0.1) is 0 Å². The highest BCUT2D eigenvalue weighted by molar-refractivity contribution is 6.00. The van der Waals surface area contributed by atoms with Crippen molar-refractivity contribution in [1.82, 2.24) is 4.90 Å². The maximum absolute atomic E-state index is 14.5. The minimum Gasteiger partial charge on any atom is -0.491 e. The molecule has 0 unspecified atom stereocenters. The number of anilines is 2. The highest BCUT2D eigenvalue weighted by Crippen LogP contribution is 2.30. The summed E-state index contributed by atoms with van der Waals surface area (Å²) >= 11 is 0. The van der Waals surface area contributed by atoms with Gasteiger partial charge in [-0.05, 0) is 80.3 Å². The van der Waals surface area contributed by atoms with Gasteiger partial charge >= 0.3 is 18.1 Å². The summed E-state index contributed by atoms with van der Waals surface area (Å²) in [7, 11) is 0. The molecule has 10 heteroatoms. The number of carbonyl (C=O) groups excluding carboxylic acids is 2. The number of halogens is 1. The van der Waals surface area contributed by atoms with E-state index < -0.39 is 17.8 Å². The molecule has 198 valence electrons. The van der Waals surface area contributed by atoms with Crippen LogP contribution in [0.15, 0.2) is 36.4 Å². The number of nitrogens with one attached hydrogen (secondary N) is 2. The zero-order valence-corrected chi connectivity index (χ0v) is 20.8. The predicted molar refractivity (Wildman–Crippen MR) is 135 cm³/mol. The highest BCUT2D eigenvalue weighted by atomic mass is 19.1. The third-order valence-electron chi connectivity index (χ3n) is 6.77. The lowest BCUT2D eigenvalue weighted by molar-refractivity contribution is -0.138. The van der Waals surface area contributed by atoms with Crippen LogP contribution in [-0.2, 0) is 22.5 Å². The number of benzene rings is 2. The van der Waals surface area contributed by atoms with E-state index in [4.69, 9.17) is 14.6 Å². The van der Waals surface area contributed by atoms with E-state index in [2.05, 4.69) is 10.6 Å². The highest BCUT2D eigenvalue weighted by Gasteiger charge is 2.28. The van der Waals surface area contributed by atoms with E-state index in [0.29, 0.717) is 44.6 Å². The monoisotopic (exact) mass is 513 g/mol. The van der Waals surface area contributed by atoms with Gasteiger partial charge in [-0.3, -0.25) is 4.79 Å². The molecule has 3 N–H and O–H groups in total. The van der Waals surface area contributed by atoms with Crippen LogP contribution in [0.25, 0.3) is 0 Å². The zero-order valence-electron chi connectivity index (χ0n) is 20.8. The van der Waals surface area contributed by atoms with Crippen molar-refractivity contribution >= 4 is 29.5 Å². The minimum absolute atomic E-state index is 0.0194. The molecule has 2 aromatic rings. The molecule has 1 aliphatic heterocycles. The molecule has 0 radical (unpaired) electrons. The van der Waals surface area contributed by atoms with Gasteiger partial charge in [-0.1, -0.05) is 12.1 Å². The fourth-order valence-electron chi connectivity index (χ4n) is 4.86. The van der Waals surface area contributed by atoms with Crippen LogP contribution >= 0.6 is 0 Å². The molecule has 1 heterocycles. The van der Waals surface area contributed by atoms with Gasteiger partial charge in [0, 0.05) is 25.2 Å². The van der Waals surface area contributed by atoms with E-state index in [0.717, 1.165) is 24.0 Å². The largest absolute Gasteiger partial charge is 0.491 e. The van der Waals surface area contributed by atoms with Crippen LogP contribution < -0.4 is 15.4 Å². The zero-order chi connectivity index (χ0) is 26.4. The first-order valence-electron chi connectivity index (χ1n) is 12.6. The van der Waals surface area contributed by atoms with Crippen molar-refractivity contribution in [1.29, 1.82) is 0 Å². The number of ether oxygens (including phenoxy) is 2. The molecule has 0 spiro atoms. The molecule has 3 amide bonds. The fourth-order valence-corrected chi connectivity index (χ4v) is 4.86. The quantitative estimate of drug-likeness (QED) is 0.457. The Morgan fingerprint density at radius 3 is 2.59 bits per heavy atom. The molecular weight excluding hydrogens is 481 g/mol. The lowest BCUT2D eigenvalue weighted by Gasteiger charge is -2.32. The van der Waals surface area contributed by atoms with Crippen LogP contribution in [0.2, 0.25) is 0 Å². The maximum atomic E-state index is 14.5. The number of carbonyl (C=O) groups is 3. The Morgan fingerprint density at radius 2 is 1.86 bits per heavy atom. The molecule has 0 bridgehead atoms. The Hall–Kier alpha value is -3.82. The van der Waals surface area contributed by atoms with E-state index in [1.54, 1.807) is 24.0 Å². The number of hydrogen-bond donors (Lipinski definition) is 3. The number of urea groups is 1. The average Bonchev–Trinajstić information content (AvgIpc) is 2.87. The van der Waals surface area contributed by atoms with Crippen LogP contribution in [0, 0.1) is 11.7 Å². The van der Waals surface area contributed by atoms with Crippen molar-refractivity contribution in [3.63, 3.8) is 0 Å². The number of hydrogen-bond acceptors (Lipinski definition) is 5. The van der Waals surface area contributed by atoms with Gasteiger partial charge in [0.25, 0.3) is 0 Å². The predicted octanol–water partition coefficient (Wildman–Crippen LogP) is 5.40. The lowest BCUT2D eigenvalue weighted by atomic mass is 9.85. The van der Waals surface area contributed by atoms with E-state index in [1.165, 1.54) is 12.1 Å². The summed E-state index contributed by atoms with van der Waals surface area (Å²) < 4.78 is 25.4. The second-order valence-corrected chi connectivity index (χ2v) is 9.41. The smallest absolute Gasteiger partial charge is 0.410 e. The average molecular weight is 514 g/mol. The molecule has 1 aliphatic carbocycles. The molecule has 4 rings (SSSR count). The molecule has 9 nitrogen and oxygen atoms in total. The van der Waals surface area contributed by atoms with Gasteiger partial charge < -0.3 is 30.1 Å². The molecule has 0 saturated heterocycles. The van der Waals surface area contributed by atoms with Gasteiger partial charge in [0.1, 0.15) is 6.10 Å². The first-order chi connectivity index (χ1) is 17.8. The summed E-state index contributed by atoms with van der Waals surface area (Å²) in [6.45, 7) is 2.96. The first kappa shape index (κ1) is 26.2. The number of nitrogens with zero attached hydrogens (tertiary/aromatic N) is 1. The summed E-state index contributed by atoms with van der Waals surface area (Å²) in [6.07, 6.45) is 3.11. The number of carboxylic acids is 1. The molecule has 2 aliphatic rings. The summed E-state index contributed by atoms with van der Waals surface area (Å²) in [4.78, 5) is 37.7. The third-order valence-corrected chi connectivity index (χ3v) is 6.77. The topological polar surface area (TPSA) is 117 Å². The van der Waals surface area contributed by atoms with Gasteiger partial charge in [-0.25, -0.2) is 14.0 Å². The lowest BCUT2D eigenvalue weighted by Crippen LogP contribution is -2.39. The molecule has 0 atom stereocenters. The second kappa shape index (κ2) is 11.9. The SMILES string of the molecule is CCOc1cccc(NC(=O)Nc2ccc3c(c2)CCN(C(=O)OC2CCC(CC(=O)O)CC2)C3)c1F. The summed E-state index contributed by atoms with van der Waals surface area (Å²) in [5, 5.41) is 14.2. The summed E-state index contributed by atoms with van der Waals surface area (Å²) in [5.74, 6) is -1.20. The van der Waals surface area contributed by atoms with Crippen LogP contribution in [-0.4, -0.2) is 47.4 Å². The minimum atomic E-state index is -0.785. The van der Waals surface area contributed by atoms with E-state index in [1.807, 2.05) is 12.1 Å². The Bertz CT molecular complexity index is 1150. The van der Waals surface area contributed by atoms with Crippen molar-refractivity contribution in [3.8, 4) is 5.75 Å². The molecular formula is C27H32FN3O6. The molecule has 0 aromatic heterocycles. The van der Waals surface area contributed by atoms with E-state index in [-0.39, 0.29) is 36.0 Å². The van der Waals surface area contributed by atoms with Crippen molar-refractivity contribution in [2.45, 2.75) is 58.1 Å². The van der Waals surface area contributed by atoms with Gasteiger partial charge in [0.05, 0.1) is 12.3 Å². The number of rotatable bonds is 7. The normalized spacial score (nSPS) is 18.9. The molecule has 2 aromatic carbocycles. The Morgan fingerprint density at radius 1 is 1.08 bits per heavy atom. The number of fused-ring (bicyclic) bond motifs is 1. The molecule has 1 fully saturated rings. The van der Waals surface area contributed by atoms with E-state index >= 15 is 0 Å². The molecule has 37 heavy (non-hydrogen) atoms. The van der Waals surface area contributed by atoms with Crippen LogP contribution in [0.5, 0.6) is 5.75 Å². The third kappa shape index (κ3) is 6.90. The van der Waals surface area contributed by atoms with Crippen molar-refractivity contribution in [2.75, 3.05) is 23.8 Å². The fraction of sp³-hybridized carbons (Fsp3) is 0.444. The summed E-state index contributed by atoms with van der Waals surface area (Å²) in [6, 6.07) is 9.43. The number of aliphatic carboxylic acids is 1. The maximum Gasteiger partial charge on any atom is 0.410 e. The van der Waals surface area contributed by atoms with Gasteiger partial charge in [0.2, 0.25) is 0 Å². The second-order valence-electron chi connectivity index (χ2n) is 9.41. The summed E-state index contributed by atoms with van der Waals surface area (Å²) in [5.41, 5.74) is 2.56. The van der Waals surface area contributed by atoms with Crippen LogP contribution in [0.1, 0.15) is 50.2 Å². The van der Waals surface area contributed by atoms with Crippen LogP contribution in [0.4, 0.5) is 25.4 Å². The van der Waals surface area contributed by atoms with Crippen molar-refractivity contribution in [3.05, 3.63) is 53.3 Å². The number of carboxylic acid groups (broad SMARTS) is 1. The Labute approximate surface area is 214 Å². The standard InChI is InChI=1S/C27H32FN3O6/c1-2-36-23-5-3-4-22(25(23)28)30-26(34)29-20-9-8-19-16-31(13-12-18(19)15-20)27(35)37-21-10-6-17(7-11-21)14-24(32)33/h3-5,8-9,15,17,21H,2,6-7,10-14,16H2,1H3,(H,32,33)(H2,29,30,34). The van der Waals surface area contributed by atoms with Crippen molar-refractivity contribution in [2.24, 2.45) is 5.92 Å².